The summed E-state index contributed by atoms with van der Waals surface area (Å²) < 4.78 is 0. The Morgan fingerprint density at radius 3 is 2.71 bits per heavy atom. The number of nitrogens with two attached hydrogens (primary N) is 1. The lowest BCUT2D eigenvalue weighted by atomic mass is 9.97. The zero-order valence-electron chi connectivity index (χ0n) is 16.1. The fraction of sp³-hybridized carbons (Fsp3) is 0.381. The lowest BCUT2D eigenvalue weighted by molar-refractivity contribution is -0.113. The van der Waals surface area contributed by atoms with Gasteiger partial charge in [-0.15, -0.1) is 11.3 Å². The average molecular weight is 413 g/mol. The van der Waals surface area contributed by atoms with Crippen LogP contribution in [-0.2, 0) is 17.6 Å². The Balaban J connectivity index is 1.43. The second-order valence-electron chi connectivity index (χ2n) is 7.40. The van der Waals surface area contributed by atoms with Gasteiger partial charge in [0.1, 0.15) is 10.6 Å². The number of rotatable bonds is 5. The Bertz CT molecular complexity index is 1010. The van der Waals surface area contributed by atoms with Crippen LogP contribution >= 0.6 is 23.1 Å². The number of nitrogens with zero attached hydrogens (tertiary/aromatic N) is 2. The van der Waals surface area contributed by atoms with Crippen molar-refractivity contribution in [3.63, 3.8) is 0 Å². The van der Waals surface area contributed by atoms with Crippen LogP contribution < -0.4 is 11.1 Å². The number of carbonyl (C=O) groups is 1. The van der Waals surface area contributed by atoms with Crippen molar-refractivity contribution in [1.82, 2.24) is 9.97 Å². The minimum atomic E-state index is -0.0740. The first-order valence-corrected chi connectivity index (χ1v) is 11.4. The van der Waals surface area contributed by atoms with E-state index in [0.29, 0.717) is 16.9 Å². The monoisotopic (exact) mass is 412 g/mol. The Kier molecular flexibility index (Phi) is 5.55. The maximum atomic E-state index is 12.3. The quantitative estimate of drug-likeness (QED) is 0.455. The Labute approximate surface area is 173 Å². The number of hydrogen-bond acceptors (Lipinski definition) is 6. The van der Waals surface area contributed by atoms with Gasteiger partial charge in [-0.05, 0) is 54.9 Å². The first-order valence-electron chi connectivity index (χ1n) is 9.61. The molecule has 2 aromatic heterocycles. The first-order chi connectivity index (χ1) is 13.5. The van der Waals surface area contributed by atoms with Gasteiger partial charge in [-0.25, -0.2) is 9.97 Å². The molecule has 3 aromatic rings. The Morgan fingerprint density at radius 1 is 1.21 bits per heavy atom. The van der Waals surface area contributed by atoms with E-state index in [1.807, 2.05) is 24.3 Å². The second-order valence-corrected chi connectivity index (χ2v) is 9.42. The van der Waals surface area contributed by atoms with E-state index in [4.69, 9.17) is 5.73 Å². The van der Waals surface area contributed by atoms with Crippen molar-refractivity contribution in [2.24, 2.45) is 0 Å². The van der Waals surface area contributed by atoms with Crippen LogP contribution in [0.15, 0.2) is 29.4 Å². The highest BCUT2D eigenvalue weighted by Gasteiger charge is 2.20. The lowest BCUT2D eigenvalue weighted by Crippen LogP contribution is -2.14. The molecule has 0 aliphatic heterocycles. The molecule has 146 valence electrons. The Morgan fingerprint density at radius 2 is 1.96 bits per heavy atom. The smallest absolute Gasteiger partial charge is 0.234 e. The highest BCUT2D eigenvalue weighted by molar-refractivity contribution is 7.99. The van der Waals surface area contributed by atoms with Crippen LogP contribution in [0.1, 0.15) is 48.6 Å². The maximum absolute atomic E-state index is 12.3. The molecule has 2 heterocycles. The number of carbonyl (C=O) groups excluding carboxylic acids is 1. The number of hydrogen-bond donors (Lipinski definition) is 2. The molecule has 4 rings (SSSR count). The van der Waals surface area contributed by atoms with Crippen molar-refractivity contribution < 1.29 is 4.79 Å². The topological polar surface area (TPSA) is 80.9 Å². The zero-order chi connectivity index (χ0) is 19.7. The number of fused-ring (bicyclic) bond motifs is 3. The number of thiophene rings is 1. The number of nitrogen functional groups attached to an aromatic ring is 1. The molecular formula is C21H24N4OS2. The van der Waals surface area contributed by atoms with Crippen molar-refractivity contribution in [1.29, 1.82) is 0 Å². The zero-order valence-corrected chi connectivity index (χ0v) is 17.8. The standard InChI is InChI=1S/C21H24N4OS2/c1-12(2)13-7-9-14(10-8-13)23-17(26)11-27-21-24-19(22)18-15-5-3-4-6-16(15)28-20(18)25-21/h7-10,12H,3-6,11H2,1-2H3,(H,23,26)(H2,22,24,25). The molecule has 1 amide bonds. The van der Waals surface area contributed by atoms with E-state index in [0.717, 1.165) is 28.7 Å². The molecule has 28 heavy (non-hydrogen) atoms. The van der Waals surface area contributed by atoms with Gasteiger partial charge in [0.15, 0.2) is 5.16 Å². The van der Waals surface area contributed by atoms with Crippen molar-refractivity contribution in [2.75, 3.05) is 16.8 Å². The molecule has 0 spiro atoms. The fourth-order valence-corrected chi connectivity index (χ4v) is 5.49. The summed E-state index contributed by atoms with van der Waals surface area (Å²) in [6.45, 7) is 4.30. The van der Waals surface area contributed by atoms with E-state index >= 15 is 0 Å². The minimum Gasteiger partial charge on any atom is -0.383 e. The molecule has 3 N–H and O–H groups in total. The summed E-state index contributed by atoms with van der Waals surface area (Å²) in [4.78, 5) is 23.8. The number of nitrogens with one attached hydrogen (secondary N) is 1. The van der Waals surface area contributed by atoms with E-state index in [2.05, 4.69) is 29.1 Å². The highest BCUT2D eigenvalue weighted by atomic mass is 32.2. The van der Waals surface area contributed by atoms with E-state index in [1.54, 1.807) is 11.3 Å². The normalized spacial score (nSPS) is 13.7. The molecule has 0 unspecified atom stereocenters. The van der Waals surface area contributed by atoms with Gasteiger partial charge < -0.3 is 11.1 Å². The summed E-state index contributed by atoms with van der Waals surface area (Å²) in [6.07, 6.45) is 4.60. The number of aryl methyl sites for hydroxylation is 2. The fourth-order valence-electron chi connectivity index (χ4n) is 3.51. The molecule has 1 aromatic carbocycles. The van der Waals surface area contributed by atoms with Crippen LogP contribution in [0, 0.1) is 0 Å². The molecular weight excluding hydrogens is 388 g/mol. The van der Waals surface area contributed by atoms with Gasteiger partial charge >= 0.3 is 0 Å². The Hall–Kier alpha value is -2.12. The number of benzene rings is 1. The molecule has 0 saturated carbocycles. The van der Waals surface area contributed by atoms with E-state index in [-0.39, 0.29) is 11.7 Å². The van der Waals surface area contributed by atoms with Crippen LogP contribution in [0.4, 0.5) is 11.5 Å². The molecule has 0 saturated heterocycles. The number of aromatic nitrogens is 2. The number of anilines is 2. The summed E-state index contributed by atoms with van der Waals surface area (Å²) >= 11 is 3.05. The van der Waals surface area contributed by atoms with Gasteiger partial charge in [-0.3, -0.25) is 4.79 Å². The molecule has 0 atom stereocenters. The molecule has 0 fully saturated rings. The summed E-state index contributed by atoms with van der Waals surface area (Å²) in [6, 6.07) is 7.97. The van der Waals surface area contributed by atoms with Crippen LogP contribution in [0.3, 0.4) is 0 Å². The number of thioether (sulfide) groups is 1. The van der Waals surface area contributed by atoms with Gasteiger partial charge in [0, 0.05) is 10.6 Å². The van der Waals surface area contributed by atoms with Crippen LogP contribution in [0.5, 0.6) is 0 Å². The van der Waals surface area contributed by atoms with E-state index < -0.39 is 0 Å². The van der Waals surface area contributed by atoms with Crippen LogP contribution in [0.2, 0.25) is 0 Å². The van der Waals surface area contributed by atoms with Crippen molar-refractivity contribution >= 4 is 50.7 Å². The van der Waals surface area contributed by atoms with Crippen molar-refractivity contribution in [3.05, 3.63) is 40.3 Å². The largest absolute Gasteiger partial charge is 0.383 e. The van der Waals surface area contributed by atoms with Gasteiger partial charge in [-0.2, -0.15) is 0 Å². The predicted molar refractivity (Wildman–Crippen MR) is 118 cm³/mol. The van der Waals surface area contributed by atoms with Gasteiger partial charge in [0.25, 0.3) is 0 Å². The molecule has 7 heteroatoms. The maximum Gasteiger partial charge on any atom is 0.234 e. The first kappa shape index (κ1) is 19.2. The van der Waals surface area contributed by atoms with Gasteiger partial charge in [0.2, 0.25) is 5.91 Å². The highest BCUT2D eigenvalue weighted by Crippen LogP contribution is 2.38. The van der Waals surface area contributed by atoms with E-state index in [1.165, 1.54) is 40.6 Å². The lowest BCUT2D eigenvalue weighted by Gasteiger charge is -2.10. The average Bonchev–Trinajstić information content (AvgIpc) is 3.05. The molecule has 0 bridgehead atoms. The summed E-state index contributed by atoms with van der Waals surface area (Å²) in [5.74, 6) is 1.19. The SMILES string of the molecule is CC(C)c1ccc(NC(=O)CSc2nc(N)c3c4c(sc3n2)CCCC4)cc1. The van der Waals surface area contributed by atoms with Crippen LogP contribution in [-0.4, -0.2) is 21.6 Å². The van der Waals surface area contributed by atoms with Gasteiger partial charge in [0.05, 0.1) is 11.1 Å². The summed E-state index contributed by atoms with van der Waals surface area (Å²) in [5, 5.41) is 4.52. The van der Waals surface area contributed by atoms with Crippen LogP contribution in [0.25, 0.3) is 10.2 Å². The molecule has 0 radical (unpaired) electrons. The van der Waals surface area contributed by atoms with Crippen molar-refractivity contribution in [3.8, 4) is 0 Å². The van der Waals surface area contributed by atoms with E-state index in [9.17, 15) is 4.79 Å². The second kappa shape index (κ2) is 8.09. The third-order valence-corrected chi connectivity index (χ3v) is 7.05. The molecule has 1 aliphatic rings. The third-order valence-electron chi connectivity index (χ3n) is 5.02. The van der Waals surface area contributed by atoms with Gasteiger partial charge in [-0.1, -0.05) is 37.7 Å². The van der Waals surface area contributed by atoms with Crippen molar-refractivity contribution in [2.45, 2.75) is 50.6 Å². The molecule has 1 aliphatic carbocycles. The predicted octanol–water partition coefficient (Wildman–Crippen LogP) is 5.01. The third kappa shape index (κ3) is 4.00. The summed E-state index contributed by atoms with van der Waals surface area (Å²) in [7, 11) is 0. The number of amides is 1. The molecule has 5 nitrogen and oxygen atoms in total. The summed E-state index contributed by atoms with van der Waals surface area (Å²) in [5.41, 5.74) is 9.63. The minimum absolute atomic E-state index is 0.0740.